The van der Waals surface area contributed by atoms with Crippen LogP contribution < -0.4 is 5.73 Å². The third-order valence-corrected chi connectivity index (χ3v) is 6.56. The highest BCUT2D eigenvalue weighted by Gasteiger charge is 2.26. The molecule has 27 heavy (non-hydrogen) atoms. The average Bonchev–Trinajstić information content (AvgIpc) is 2.62. The van der Waals surface area contributed by atoms with E-state index in [1.807, 2.05) is 12.1 Å². The standard InChI is InChI=1S/C16H14Cl2IN3O4S/c1-22(27(24,25)14-8-11(17)4-7-13(14)18)9-15(23)26-21-16(20)10-2-5-12(19)6-3-10/h2-8H,9H2,1H3,(H2,20,21). The first kappa shape index (κ1) is 21.9. The van der Waals surface area contributed by atoms with E-state index in [1.165, 1.54) is 25.2 Å². The molecule has 0 saturated carbocycles. The van der Waals surface area contributed by atoms with Gasteiger partial charge in [-0.05, 0) is 52.9 Å². The van der Waals surface area contributed by atoms with Crippen LogP contribution in [0.2, 0.25) is 10.0 Å². The molecule has 7 nitrogen and oxygen atoms in total. The molecule has 0 heterocycles. The number of sulfonamides is 1. The number of oxime groups is 1. The van der Waals surface area contributed by atoms with Crippen LogP contribution in [0, 0.1) is 3.57 Å². The molecule has 11 heteroatoms. The average molecular weight is 542 g/mol. The van der Waals surface area contributed by atoms with Crippen LogP contribution in [0.4, 0.5) is 0 Å². The molecule has 0 saturated heterocycles. The van der Waals surface area contributed by atoms with E-state index in [1.54, 1.807) is 12.1 Å². The van der Waals surface area contributed by atoms with E-state index in [9.17, 15) is 13.2 Å². The van der Waals surface area contributed by atoms with E-state index in [-0.39, 0.29) is 20.8 Å². The first-order valence-corrected chi connectivity index (χ1v) is 10.6. The highest BCUT2D eigenvalue weighted by atomic mass is 127. The maximum Gasteiger partial charge on any atom is 0.350 e. The molecule has 0 bridgehead atoms. The fourth-order valence-corrected chi connectivity index (χ4v) is 4.12. The quantitative estimate of drug-likeness (QED) is 0.199. The Morgan fingerprint density at radius 1 is 1.22 bits per heavy atom. The van der Waals surface area contributed by atoms with Gasteiger partial charge in [-0.1, -0.05) is 40.5 Å². The molecule has 2 rings (SSSR count). The van der Waals surface area contributed by atoms with Gasteiger partial charge in [0.25, 0.3) is 0 Å². The number of hydrogen-bond donors (Lipinski definition) is 1. The lowest BCUT2D eigenvalue weighted by molar-refractivity contribution is -0.143. The maximum absolute atomic E-state index is 12.5. The number of halogens is 3. The molecular formula is C16H14Cl2IN3O4S. The summed E-state index contributed by atoms with van der Waals surface area (Å²) in [5.74, 6) is -0.921. The molecule has 0 spiro atoms. The summed E-state index contributed by atoms with van der Waals surface area (Å²) in [6, 6.07) is 11.1. The summed E-state index contributed by atoms with van der Waals surface area (Å²) in [7, 11) is -2.84. The van der Waals surface area contributed by atoms with Crippen molar-refractivity contribution < 1.29 is 18.0 Å². The van der Waals surface area contributed by atoms with E-state index in [0.29, 0.717) is 5.56 Å². The largest absolute Gasteiger partial charge is 0.380 e. The number of carbonyl (C=O) groups is 1. The van der Waals surface area contributed by atoms with E-state index in [0.717, 1.165) is 7.88 Å². The number of rotatable bonds is 6. The van der Waals surface area contributed by atoms with E-state index in [2.05, 4.69) is 27.7 Å². The number of benzene rings is 2. The minimum absolute atomic E-state index is 0.0110. The minimum atomic E-state index is -4.05. The highest BCUT2D eigenvalue weighted by molar-refractivity contribution is 14.1. The second kappa shape index (κ2) is 9.20. The Labute approximate surface area is 180 Å². The molecule has 144 valence electrons. The van der Waals surface area contributed by atoms with Crippen molar-refractivity contribution in [3.05, 3.63) is 61.6 Å². The highest BCUT2D eigenvalue weighted by Crippen LogP contribution is 2.27. The summed E-state index contributed by atoms with van der Waals surface area (Å²) >= 11 is 13.9. The molecule has 0 unspecified atom stereocenters. The van der Waals surface area contributed by atoms with Crippen molar-refractivity contribution in [3.8, 4) is 0 Å². The Kier molecular flexibility index (Phi) is 7.46. The number of carbonyl (C=O) groups excluding carboxylic acids is 1. The summed E-state index contributed by atoms with van der Waals surface area (Å²) in [5.41, 5.74) is 6.31. The van der Waals surface area contributed by atoms with Gasteiger partial charge in [0.2, 0.25) is 10.0 Å². The van der Waals surface area contributed by atoms with Crippen LogP contribution in [0.5, 0.6) is 0 Å². The molecule has 0 aliphatic rings. The smallest absolute Gasteiger partial charge is 0.350 e. The zero-order valence-corrected chi connectivity index (χ0v) is 18.4. The Morgan fingerprint density at radius 2 is 1.85 bits per heavy atom. The molecule has 2 aromatic rings. The minimum Gasteiger partial charge on any atom is -0.380 e. The van der Waals surface area contributed by atoms with E-state index in [4.69, 9.17) is 33.8 Å². The molecule has 0 fully saturated rings. The monoisotopic (exact) mass is 541 g/mol. The van der Waals surface area contributed by atoms with Crippen LogP contribution in [0.1, 0.15) is 5.56 Å². The number of nitrogens with zero attached hydrogens (tertiary/aromatic N) is 2. The fraction of sp³-hybridized carbons (Fsp3) is 0.125. The topological polar surface area (TPSA) is 102 Å². The van der Waals surface area contributed by atoms with Gasteiger partial charge in [0.05, 0.1) is 5.02 Å². The number of likely N-dealkylation sites (N-methyl/N-ethyl adjacent to an activating group) is 1. The van der Waals surface area contributed by atoms with Gasteiger partial charge in [0.15, 0.2) is 5.84 Å². The number of hydrogen-bond acceptors (Lipinski definition) is 5. The van der Waals surface area contributed by atoms with Crippen molar-refractivity contribution in [2.45, 2.75) is 4.90 Å². The number of amidine groups is 1. The lowest BCUT2D eigenvalue weighted by Crippen LogP contribution is -2.33. The molecule has 0 aliphatic carbocycles. The summed E-state index contributed by atoms with van der Waals surface area (Å²) < 4.78 is 26.9. The Bertz CT molecular complexity index is 982. The molecule has 0 aliphatic heterocycles. The van der Waals surface area contributed by atoms with Crippen LogP contribution in [-0.2, 0) is 19.7 Å². The normalized spacial score (nSPS) is 12.3. The molecule has 0 atom stereocenters. The van der Waals surface area contributed by atoms with Crippen molar-refractivity contribution >= 4 is 67.6 Å². The molecule has 0 aromatic heterocycles. The van der Waals surface area contributed by atoms with Crippen LogP contribution in [0.3, 0.4) is 0 Å². The SMILES string of the molecule is CN(CC(=O)O/N=C(/N)c1ccc(I)cc1)S(=O)(=O)c1cc(Cl)ccc1Cl. The van der Waals surface area contributed by atoms with Crippen LogP contribution in [0.25, 0.3) is 0 Å². The molecule has 2 aromatic carbocycles. The molecular weight excluding hydrogens is 528 g/mol. The Morgan fingerprint density at radius 3 is 2.48 bits per heavy atom. The van der Waals surface area contributed by atoms with Gasteiger partial charge < -0.3 is 10.6 Å². The van der Waals surface area contributed by atoms with Gasteiger partial charge in [-0.25, -0.2) is 13.2 Å². The second-order valence-electron chi connectivity index (χ2n) is 5.28. The summed E-state index contributed by atoms with van der Waals surface area (Å²) in [5, 5.41) is 3.72. The van der Waals surface area contributed by atoms with Crippen molar-refractivity contribution in [2.75, 3.05) is 13.6 Å². The number of nitrogens with two attached hydrogens (primary N) is 1. The zero-order chi connectivity index (χ0) is 20.2. The third kappa shape index (κ3) is 5.79. The summed E-state index contributed by atoms with van der Waals surface area (Å²) in [6.45, 7) is -0.589. The van der Waals surface area contributed by atoms with Gasteiger partial charge in [0.1, 0.15) is 11.4 Å². The molecule has 0 amide bonds. The lowest BCUT2D eigenvalue weighted by atomic mass is 10.2. The molecule has 0 radical (unpaired) electrons. The Balaban J connectivity index is 2.07. The predicted molar refractivity (Wildman–Crippen MR) is 112 cm³/mol. The van der Waals surface area contributed by atoms with Crippen LogP contribution in [-0.4, -0.2) is 38.1 Å². The van der Waals surface area contributed by atoms with Crippen LogP contribution >= 0.6 is 45.8 Å². The van der Waals surface area contributed by atoms with Crippen molar-refractivity contribution in [2.24, 2.45) is 10.9 Å². The van der Waals surface area contributed by atoms with Crippen molar-refractivity contribution in [3.63, 3.8) is 0 Å². The third-order valence-electron chi connectivity index (χ3n) is 3.32. The van der Waals surface area contributed by atoms with E-state index < -0.39 is 22.5 Å². The van der Waals surface area contributed by atoms with Gasteiger partial charge in [0, 0.05) is 21.2 Å². The predicted octanol–water partition coefficient (Wildman–Crippen LogP) is 3.08. The molecule has 2 N–H and O–H groups in total. The first-order valence-electron chi connectivity index (χ1n) is 7.32. The maximum atomic E-state index is 12.5. The summed E-state index contributed by atoms with van der Waals surface area (Å²) in [6.07, 6.45) is 0. The second-order valence-corrected chi connectivity index (χ2v) is 9.39. The first-order chi connectivity index (χ1) is 12.6. The van der Waals surface area contributed by atoms with E-state index >= 15 is 0 Å². The van der Waals surface area contributed by atoms with Gasteiger partial charge in [-0.2, -0.15) is 4.31 Å². The zero-order valence-electron chi connectivity index (χ0n) is 13.9. The van der Waals surface area contributed by atoms with Crippen molar-refractivity contribution in [1.82, 2.24) is 4.31 Å². The van der Waals surface area contributed by atoms with Crippen molar-refractivity contribution in [1.29, 1.82) is 0 Å². The van der Waals surface area contributed by atoms with Gasteiger partial charge in [-0.15, -0.1) is 0 Å². The van der Waals surface area contributed by atoms with Gasteiger partial charge in [-0.3, -0.25) is 0 Å². The Hall–Kier alpha value is -1.40. The lowest BCUT2D eigenvalue weighted by Gasteiger charge is -2.16. The summed E-state index contributed by atoms with van der Waals surface area (Å²) in [4.78, 5) is 16.4. The van der Waals surface area contributed by atoms with Crippen LogP contribution in [0.15, 0.2) is 52.5 Å². The van der Waals surface area contributed by atoms with Gasteiger partial charge >= 0.3 is 5.97 Å². The fourth-order valence-electron chi connectivity index (χ4n) is 1.91.